The topological polar surface area (TPSA) is 76.5 Å². The lowest BCUT2D eigenvalue weighted by molar-refractivity contribution is -0.143. The molecule has 3 N–H and O–H groups in total. The van der Waals surface area contributed by atoms with E-state index in [4.69, 9.17) is 15.3 Å². The summed E-state index contributed by atoms with van der Waals surface area (Å²) < 4.78 is 6.33. The van der Waals surface area contributed by atoms with Gasteiger partial charge in [-0.3, -0.25) is 0 Å². The van der Waals surface area contributed by atoms with Crippen LogP contribution in [0.15, 0.2) is 33.2 Å². The smallest absolute Gasteiger partial charge is 0.331 e. The second kappa shape index (κ2) is 3.61. The summed E-state index contributed by atoms with van der Waals surface area (Å²) in [5.41, 5.74) is 4.79. The molecule has 0 aliphatic carbocycles. The van der Waals surface area contributed by atoms with Gasteiger partial charge in [0, 0.05) is 9.86 Å². The van der Waals surface area contributed by atoms with E-state index in [0.717, 1.165) is 9.86 Å². The summed E-state index contributed by atoms with van der Waals surface area (Å²) in [6, 6.07) is 7.08. The third kappa shape index (κ3) is 1.72. The van der Waals surface area contributed by atoms with Crippen LogP contribution in [-0.4, -0.2) is 11.1 Å². The number of furan rings is 1. The van der Waals surface area contributed by atoms with Gasteiger partial charge >= 0.3 is 5.97 Å². The minimum Gasteiger partial charge on any atom is -0.480 e. The molecule has 4 nitrogen and oxygen atoms in total. The van der Waals surface area contributed by atoms with Gasteiger partial charge < -0.3 is 15.3 Å². The van der Waals surface area contributed by atoms with E-state index in [1.54, 1.807) is 12.1 Å². The van der Waals surface area contributed by atoms with E-state index >= 15 is 0 Å². The molecule has 2 aromatic rings. The number of carboxylic acids is 1. The van der Waals surface area contributed by atoms with Gasteiger partial charge in [0.25, 0.3) is 0 Å². The Balaban J connectivity index is 2.59. The lowest BCUT2D eigenvalue weighted by Gasteiger charge is -2.15. The first-order chi connectivity index (χ1) is 7.41. The zero-order chi connectivity index (χ0) is 11.9. The van der Waals surface area contributed by atoms with Crippen LogP contribution in [0.5, 0.6) is 0 Å². The molecule has 5 heteroatoms. The number of fused-ring (bicyclic) bond motifs is 1. The van der Waals surface area contributed by atoms with Gasteiger partial charge in [-0.2, -0.15) is 0 Å². The molecular weight excluding hydrogens is 274 g/mol. The summed E-state index contributed by atoms with van der Waals surface area (Å²) in [5.74, 6) is -0.876. The van der Waals surface area contributed by atoms with Gasteiger partial charge in [-0.05, 0) is 31.2 Å². The van der Waals surface area contributed by atoms with Crippen molar-refractivity contribution < 1.29 is 14.3 Å². The fraction of sp³-hybridized carbons (Fsp3) is 0.182. The van der Waals surface area contributed by atoms with Crippen molar-refractivity contribution in [2.24, 2.45) is 5.73 Å². The van der Waals surface area contributed by atoms with Gasteiger partial charge in [0.05, 0.1) is 0 Å². The maximum absolute atomic E-state index is 11.0. The van der Waals surface area contributed by atoms with Crippen LogP contribution >= 0.6 is 15.9 Å². The van der Waals surface area contributed by atoms with Gasteiger partial charge in [0.1, 0.15) is 11.3 Å². The van der Waals surface area contributed by atoms with Gasteiger partial charge in [-0.25, -0.2) is 4.79 Å². The summed E-state index contributed by atoms with van der Waals surface area (Å²) in [5, 5.41) is 9.80. The predicted octanol–water partition coefficient (Wildman–Crippen LogP) is 2.45. The largest absolute Gasteiger partial charge is 0.480 e. The first-order valence-corrected chi connectivity index (χ1v) is 5.42. The minimum atomic E-state index is -1.51. The average molecular weight is 284 g/mol. The number of rotatable bonds is 2. The van der Waals surface area contributed by atoms with Crippen LogP contribution in [0.3, 0.4) is 0 Å². The van der Waals surface area contributed by atoms with Gasteiger partial charge in [-0.15, -0.1) is 0 Å². The molecule has 1 unspecified atom stereocenters. The molecule has 84 valence electrons. The molecule has 0 bridgehead atoms. The summed E-state index contributed by atoms with van der Waals surface area (Å²) in [6.45, 7) is 1.40. The molecule has 16 heavy (non-hydrogen) atoms. The number of halogens is 1. The second-order valence-corrected chi connectivity index (χ2v) is 4.72. The van der Waals surface area contributed by atoms with Crippen molar-refractivity contribution in [1.29, 1.82) is 0 Å². The van der Waals surface area contributed by atoms with Crippen LogP contribution in [0.1, 0.15) is 12.7 Å². The molecule has 0 spiro atoms. The van der Waals surface area contributed by atoms with Gasteiger partial charge in [-0.1, -0.05) is 15.9 Å². The minimum absolute atomic E-state index is 0.244. The molecule has 0 saturated heterocycles. The van der Waals surface area contributed by atoms with Crippen molar-refractivity contribution in [3.63, 3.8) is 0 Å². The van der Waals surface area contributed by atoms with E-state index in [-0.39, 0.29) is 5.76 Å². The van der Waals surface area contributed by atoms with E-state index in [0.29, 0.717) is 5.58 Å². The van der Waals surface area contributed by atoms with Crippen LogP contribution in [0.2, 0.25) is 0 Å². The van der Waals surface area contributed by atoms with E-state index in [9.17, 15) is 4.79 Å². The summed E-state index contributed by atoms with van der Waals surface area (Å²) >= 11 is 3.33. The molecule has 0 aliphatic heterocycles. The predicted molar refractivity (Wildman–Crippen MR) is 63.1 cm³/mol. The number of hydrogen-bond donors (Lipinski definition) is 2. The van der Waals surface area contributed by atoms with Crippen LogP contribution in [-0.2, 0) is 10.3 Å². The van der Waals surface area contributed by atoms with Crippen molar-refractivity contribution in [2.75, 3.05) is 0 Å². The first kappa shape index (κ1) is 11.2. The molecule has 1 atom stereocenters. The highest BCUT2D eigenvalue weighted by Crippen LogP contribution is 2.28. The third-order valence-electron chi connectivity index (χ3n) is 2.43. The Bertz CT molecular complexity index is 559. The summed E-state index contributed by atoms with van der Waals surface area (Å²) in [4.78, 5) is 11.0. The fourth-order valence-corrected chi connectivity index (χ4v) is 1.75. The van der Waals surface area contributed by atoms with Crippen LogP contribution < -0.4 is 5.73 Å². The lowest BCUT2D eigenvalue weighted by atomic mass is 10.0. The highest BCUT2D eigenvalue weighted by Gasteiger charge is 2.34. The Morgan fingerprint density at radius 3 is 2.81 bits per heavy atom. The molecule has 0 amide bonds. The maximum Gasteiger partial charge on any atom is 0.331 e. The number of carbonyl (C=O) groups is 1. The summed E-state index contributed by atoms with van der Waals surface area (Å²) in [7, 11) is 0. The zero-order valence-electron chi connectivity index (χ0n) is 8.53. The number of carboxylic acid groups (broad SMARTS) is 1. The molecule has 0 saturated carbocycles. The number of aliphatic carboxylic acids is 1. The average Bonchev–Trinajstić information content (AvgIpc) is 2.60. The van der Waals surface area contributed by atoms with Crippen molar-refractivity contribution in [1.82, 2.24) is 0 Å². The van der Waals surface area contributed by atoms with Crippen LogP contribution in [0, 0.1) is 0 Å². The molecule has 0 radical (unpaired) electrons. The Hall–Kier alpha value is -1.33. The highest BCUT2D eigenvalue weighted by molar-refractivity contribution is 9.10. The first-order valence-electron chi connectivity index (χ1n) is 4.63. The SMILES string of the molecule is CC(N)(C(=O)O)c1cc2cc(Br)ccc2o1. The fourth-order valence-electron chi connectivity index (χ4n) is 1.38. The molecule has 0 fully saturated rings. The second-order valence-electron chi connectivity index (χ2n) is 3.80. The van der Waals surface area contributed by atoms with Crippen LogP contribution in [0.25, 0.3) is 11.0 Å². The Morgan fingerprint density at radius 1 is 1.50 bits per heavy atom. The van der Waals surface area contributed by atoms with E-state index in [1.165, 1.54) is 6.92 Å². The van der Waals surface area contributed by atoms with Crippen molar-refractivity contribution in [3.05, 3.63) is 34.5 Å². The Labute approximate surface area is 100 Å². The van der Waals surface area contributed by atoms with E-state index in [2.05, 4.69) is 15.9 Å². The number of nitrogens with two attached hydrogens (primary N) is 1. The quantitative estimate of drug-likeness (QED) is 0.888. The van der Waals surface area contributed by atoms with E-state index < -0.39 is 11.5 Å². The van der Waals surface area contributed by atoms with E-state index in [1.807, 2.05) is 12.1 Å². The molecule has 1 aromatic carbocycles. The molecule has 2 rings (SSSR count). The summed E-state index contributed by atoms with van der Waals surface area (Å²) in [6.07, 6.45) is 0. The molecule has 1 aromatic heterocycles. The standard InChI is InChI=1S/C11H10BrNO3/c1-11(13,10(14)15)9-5-6-4-7(12)2-3-8(6)16-9/h2-5H,13H2,1H3,(H,14,15). The van der Waals surface area contributed by atoms with Gasteiger partial charge in [0.15, 0.2) is 5.54 Å². The lowest BCUT2D eigenvalue weighted by Crippen LogP contribution is -2.41. The molecular formula is C11H10BrNO3. The highest BCUT2D eigenvalue weighted by atomic mass is 79.9. The molecule has 0 aliphatic rings. The Morgan fingerprint density at radius 2 is 2.19 bits per heavy atom. The molecule has 1 heterocycles. The Kier molecular flexibility index (Phi) is 2.52. The van der Waals surface area contributed by atoms with Crippen molar-refractivity contribution in [3.8, 4) is 0 Å². The normalized spacial score (nSPS) is 14.9. The van der Waals surface area contributed by atoms with Gasteiger partial charge in [0.2, 0.25) is 0 Å². The maximum atomic E-state index is 11.0. The number of hydrogen-bond acceptors (Lipinski definition) is 3. The van der Waals surface area contributed by atoms with Crippen molar-refractivity contribution >= 4 is 32.9 Å². The monoisotopic (exact) mass is 283 g/mol. The zero-order valence-corrected chi connectivity index (χ0v) is 10.1. The number of benzene rings is 1. The van der Waals surface area contributed by atoms with Crippen molar-refractivity contribution in [2.45, 2.75) is 12.5 Å². The van der Waals surface area contributed by atoms with Crippen LogP contribution in [0.4, 0.5) is 0 Å². The third-order valence-corrected chi connectivity index (χ3v) is 2.93.